The summed E-state index contributed by atoms with van der Waals surface area (Å²) in [5.41, 5.74) is 2.33. The van der Waals surface area contributed by atoms with E-state index in [-0.39, 0.29) is 5.56 Å². The summed E-state index contributed by atoms with van der Waals surface area (Å²) < 4.78 is 1.86. The predicted molar refractivity (Wildman–Crippen MR) is 83.1 cm³/mol. The lowest BCUT2D eigenvalue weighted by molar-refractivity contribution is 0.0697. The third kappa shape index (κ3) is 2.37. The minimum Gasteiger partial charge on any atom is -0.478 e. The van der Waals surface area contributed by atoms with E-state index in [1.807, 2.05) is 11.6 Å². The first-order chi connectivity index (χ1) is 9.97. The van der Waals surface area contributed by atoms with Crippen LogP contribution >= 0.6 is 23.2 Å². The Hall–Kier alpha value is -2.04. The number of fused-ring (bicyclic) bond motifs is 1. The molecule has 0 bridgehead atoms. The Labute approximate surface area is 130 Å². The van der Waals surface area contributed by atoms with Gasteiger partial charge >= 0.3 is 5.97 Å². The van der Waals surface area contributed by atoms with Crippen LogP contribution in [0, 0.1) is 0 Å². The highest BCUT2D eigenvalue weighted by atomic mass is 35.5. The van der Waals surface area contributed by atoms with Crippen molar-refractivity contribution in [2.45, 2.75) is 0 Å². The smallest absolute Gasteiger partial charge is 0.335 e. The molecule has 0 unspecified atom stereocenters. The Morgan fingerprint density at radius 3 is 2.67 bits per heavy atom. The van der Waals surface area contributed by atoms with Gasteiger partial charge in [-0.1, -0.05) is 23.2 Å². The van der Waals surface area contributed by atoms with Crippen molar-refractivity contribution in [1.82, 2.24) is 9.55 Å². The van der Waals surface area contributed by atoms with Crippen molar-refractivity contribution in [2.24, 2.45) is 7.05 Å². The van der Waals surface area contributed by atoms with Crippen molar-refractivity contribution in [2.75, 3.05) is 0 Å². The number of benzene rings is 2. The van der Waals surface area contributed by atoms with Gasteiger partial charge in [-0.15, -0.1) is 0 Å². The predicted octanol–water partition coefficient (Wildman–Crippen LogP) is 4.25. The standard InChI is InChI=1S/C15H10Cl2N2O2/c1-19-13-5-2-8(15(20)21)6-12(13)18-14(19)10-7-9(16)3-4-11(10)17/h2-7H,1H3,(H,20,21). The zero-order valence-corrected chi connectivity index (χ0v) is 12.5. The first-order valence-electron chi connectivity index (χ1n) is 6.12. The SMILES string of the molecule is Cn1c(-c2cc(Cl)ccc2Cl)nc2cc(C(=O)O)ccc21. The van der Waals surface area contributed by atoms with Crippen molar-refractivity contribution < 1.29 is 9.90 Å². The van der Waals surface area contributed by atoms with E-state index in [1.54, 1.807) is 36.4 Å². The molecule has 21 heavy (non-hydrogen) atoms. The summed E-state index contributed by atoms with van der Waals surface area (Å²) in [7, 11) is 1.85. The molecule has 0 saturated heterocycles. The van der Waals surface area contributed by atoms with Gasteiger partial charge in [-0.05, 0) is 36.4 Å². The summed E-state index contributed by atoms with van der Waals surface area (Å²) >= 11 is 12.2. The van der Waals surface area contributed by atoms with Gasteiger partial charge in [0.25, 0.3) is 0 Å². The normalized spacial score (nSPS) is 11.0. The Morgan fingerprint density at radius 1 is 1.19 bits per heavy atom. The fraction of sp³-hybridized carbons (Fsp3) is 0.0667. The van der Waals surface area contributed by atoms with Gasteiger partial charge < -0.3 is 9.67 Å². The first kappa shape index (κ1) is 13.9. The highest BCUT2D eigenvalue weighted by molar-refractivity contribution is 6.35. The number of aromatic carboxylic acids is 1. The quantitative estimate of drug-likeness (QED) is 0.768. The van der Waals surface area contributed by atoms with Crippen LogP contribution in [0.5, 0.6) is 0 Å². The van der Waals surface area contributed by atoms with Gasteiger partial charge in [-0.2, -0.15) is 0 Å². The number of carbonyl (C=O) groups is 1. The third-order valence-electron chi connectivity index (χ3n) is 3.30. The summed E-state index contributed by atoms with van der Waals surface area (Å²) in [4.78, 5) is 15.5. The molecule has 0 fully saturated rings. The summed E-state index contributed by atoms with van der Waals surface area (Å²) in [6.07, 6.45) is 0. The molecule has 0 aliphatic heterocycles. The van der Waals surface area contributed by atoms with Crippen LogP contribution in [-0.4, -0.2) is 20.6 Å². The molecule has 106 valence electrons. The average Bonchev–Trinajstić information content (AvgIpc) is 2.78. The maximum Gasteiger partial charge on any atom is 0.335 e. The molecule has 6 heteroatoms. The molecule has 0 aliphatic carbocycles. The summed E-state index contributed by atoms with van der Waals surface area (Å²) in [6, 6.07) is 9.98. The number of aryl methyl sites for hydroxylation is 1. The van der Waals surface area contributed by atoms with E-state index in [1.165, 1.54) is 0 Å². The van der Waals surface area contributed by atoms with Gasteiger partial charge in [-0.3, -0.25) is 0 Å². The van der Waals surface area contributed by atoms with Crippen LogP contribution < -0.4 is 0 Å². The molecule has 0 saturated carbocycles. The first-order valence-corrected chi connectivity index (χ1v) is 6.88. The molecule has 0 spiro atoms. The van der Waals surface area contributed by atoms with Crippen LogP contribution in [0.3, 0.4) is 0 Å². The van der Waals surface area contributed by atoms with Crippen LogP contribution in [0.25, 0.3) is 22.4 Å². The molecule has 3 rings (SSSR count). The van der Waals surface area contributed by atoms with Gasteiger partial charge in [0, 0.05) is 17.6 Å². The second kappa shape index (κ2) is 5.06. The number of carboxylic acids is 1. The topological polar surface area (TPSA) is 55.1 Å². The van der Waals surface area contributed by atoms with Gasteiger partial charge in [0.15, 0.2) is 0 Å². The van der Waals surface area contributed by atoms with Crippen molar-refractivity contribution >= 4 is 40.2 Å². The molecule has 1 heterocycles. The Morgan fingerprint density at radius 2 is 1.95 bits per heavy atom. The molecule has 2 aromatic carbocycles. The van der Waals surface area contributed by atoms with Crippen LogP contribution in [0.2, 0.25) is 10.0 Å². The number of carboxylic acid groups (broad SMARTS) is 1. The number of halogens is 2. The van der Waals surface area contributed by atoms with Crippen molar-refractivity contribution in [3.05, 3.63) is 52.0 Å². The summed E-state index contributed by atoms with van der Waals surface area (Å²) in [5, 5.41) is 10.1. The van der Waals surface area contributed by atoms with Crippen molar-refractivity contribution in [3.63, 3.8) is 0 Å². The number of aromatic nitrogens is 2. The lowest BCUT2D eigenvalue weighted by Crippen LogP contribution is -1.96. The highest BCUT2D eigenvalue weighted by Gasteiger charge is 2.14. The largest absolute Gasteiger partial charge is 0.478 e. The molecule has 0 radical (unpaired) electrons. The van der Waals surface area contributed by atoms with Crippen LogP contribution in [-0.2, 0) is 7.05 Å². The van der Waals surface area contributed by atoms with Crippen LogP contribution in [0.15, 0.2) is 36.4 Å². The maximum absolute atomic E-state index is 11.0. The monoisotopic (exact) mass is 320 g/mol. The third-order valence-corrected chi connectivity index (χ3v) is 3.86. The van der Waals surface area contributed by atoms with Gasteiger partial charge in [-0.25, -0.2) is 9.78 Å². The molecular weight excluding hydrogens is 311 g/mol. The minimum absolute atomic E-state index is 0.198. The van der Waals surface area contributed by atoms with Gasteiger partial charge in [0.1, 0.15) is 5.82 Å². The summed E-state index contributed by atoms with van der Waals surface area (Å²) in [6.45, 7) is 0. The second-order valence-electron chi connectivity index (χ2n) is 4.63. The zero-order chi connectivity index (χ0) is 15.1. The number of imidazole rings is 1. The highest BCUT2D eigenvalue weighted by Crippen LogP contribution is 2.31. The molecule has 0 atom stereocenters. The van der Waals surface area contributed by atoms with Gasteiger partial charge in [0.2, 0.25) is 0 Å². The molecule has 3 aromatic rings. The fourth-order valence-electron chi connectivity index (χ4n) is 2.24. The van der Waals surface area contributed by atoms with Crippen LogP contribution in [0.1, 0.15) is 10.4 Å². The molecule has 4 nitrogen and oxygen atoms in total. The maximum atomic E-state index is 11.0. The number of nitrogens with zero attached hydrogens (tertiary/aromatic N) is 2. The average molecular weight is 321 g/mol. The Kier molecular flexibility index (Phi) is 3.35. The van der Waals surface area contributed by atoms with E-state index >= 15 is 0 Å². The molecule has 1 aromatic heterocycles. The second-order valence-corrected chi connectivity index (χ2v) is 5.47. The number of hydrogen-bond donors (Lipinski definition) is 1. The van der Waals surface area contributed by atoms with E-state index in [4.69, 9.17) is 28.3 Å². The van der Waals surface area contributed by atoms with E-state index in [2.05, 4.69) is 4.98 Å². The van der Waals surface area contributed by atoms with E-state index < -0.39 is 5.97 Å². The Bertz CT molecular complexity index is 871. The van der Waals surface area contributed by atoms with Crippen molar-refractivity contribution in [1.29, 1.82) is 0 Å². The zero-order valence-electron chi connectivity index (χ0n) is 11.0. The lowest BCUT2D eigenvalue weighted by Gasteiger charge is -2.05. The van der Waals surface area contributed by atoms with E-state index in [9.17, 15) is 4.79 Å². The van der Waals surface area contributed by atoms with Crippen LogP contribution in [0.4, 0.5) is 0 Å². The van der Waals surface area contributed by atoms with E-state index in [0.717, 1.165) is 5.52 Å². The lowest BCUT2D eigenvalue weighted by atomic mass is 10.2. The number of rotatable bonds is 2. The molecule has 1 N–H and O–H groups in total. The Balaban J connectivity index is 2.26. The summed E-state index contributed by atoms with van der Waals surface area (Å²) in [5.74, 6) is -0.343. The molecule has 0 amide bonds. The fourth-order valence-corrected chi connectivity index (χ4v) is 2.62. The van der Waals surface area contributed by atoms with Crippen molar-refractivity contribution in [3.8, 4) is 11.4 Å². The molecular formula is C15H10Cl2N2O2. The van der Waals surface area contributed by atoms with Gasteiger partial charge in [0.05, 0.1) is 21.6 Å². The molecule has 0 aliphatic rings. The minimum atomic E-state index is -0.982. The van der Waals surface area contributed by atoms with E-state index in [0.29, 0.717) is 26.9 Å². The number of hydrogen-bond acceptors (Lipinski definition) is 2.